The van der Waals surface area contributed by atoms with Crippen molar-refractivity contribution >= 4 is 0 Å². The van der Waals surface area contributed by atoms with Gasteiger partial charge in [0.15, 0.2) is 0 Å². The fraction of sp³-hybridized carbons (Fsp3) is 0.900. The third-order valence-corrected chi connectivity index (χ3v) is 8.73. The van der Waals surface area contributed by atoms with E-state index in [0.717, 1.165) is 44.6 Å². The standard InChI is InChI=1S/C20H30O3/c1-18-7-5-16-14(6-9-23-16)15(18)4-8-19-10-13(2-3-17(18)19)20(22,11-19)12-21/h13,15,17,21-22H,2-12H2,1H3/t13?,15?,17?,18-,19+,20+/m1/s1. The summed E-state index contributed by atoms with van der Waals surface area (Å²) in [5.74, 6) is 3.09. The van der Waals surface area contributed by atoms with Crippen molar-refractivity contribution in [1.29, 1.82) is 0 Å². The molecule has 2 N–H and O–H groups in total. The molecule has 0 saturated heterocycles. The van der Waals surface area contributed by atoms with Crippen molar-refractivity contribution in [2.24, 2.45) is 28.6 Å². The van der Waals surface area contributed by atoms with Gasteiger partial charge in [0.2, 0.25) is 0 Å². The smallest absolute Gasteiger partial charge is 0.0956 e. The van der Waals surface area contributed by atoms with Gasteiger partial charge in [-0.25, -0.2) is 0 Å². The number of hydrogen-bond acceptors (Lipinski definition) is 3. The first kappa shape index (κ1) is 14.8. The van der Waals surface area contributed by atoms with Crippen molar-refractivity contribution < 1.29 is 14.9 Å². The normalized spacial score (nSPS) is 54.3. The molecule has 2 bridgehead atoms. The predicted octanol–water partition coefficient (Wildman–Crippen LogP) is 3.40. The lowest BCUT2D eigenvalue weighted by Crippen LogP contribution is -2.52. The van der Waals surface area contributed by atoms with Crippen LogP contribution in [0.4, 0.5) is 0 Å². The minimum Gasteiger partial charge on any atom is -0.498 e. The highest BCUT2D eigenvalue weighted by Gasteiger charge is 2.66. The van der Waals surface area contributed by atoms with Crippen molar-refractivity contribution in [3.05, 3.63) is 11.3 Å². The van der Waals surface area contributed by atoms with Gasteiger partial charge >= 0.3 is 0 Å². The van der Waals surface area contributed by atoms with E-state index in [9.17, 15) is 10.2 Å². The summed E-state index contributed by atoms with van der Waals surface area (Å²) in [6.45, 7) is 3.40. The van der Waals surface area contributed by atoms with Crippen molar-refractivity contribution in [2.45, 2.75) is 70.3 Å². The van der Waals surface area contributed by atoms with E-state index in [2.05, 4.69) is 6.92 Å². The minimum absolute atomic E-state index is 0.0462. The third kappa shape index (κ3) is 1.73. The molecule has 128 valence electrons. The number of rotatable bonds is 1. The molecular formula is C20H30O3. The van der Waals surface area contributed by atoms with E-state index in [1.807, 2.05) is 0 Å². The van der Waals surface area contributed by atoms with E-state index in [-0.39, 0.29) is 6.61 Å². The predicted molar refractivity (Wildman–Crippen MR) is 87.6 cm³/mol. The zero-order valence-electron chi connectivity index (χ0n) is 14.3. The molecule has 0 aromatic heterocycles. The zero-order valence-corrected chi connectivity index (χ0v) is 14.3. The number of aliphatic hydroxyl groups is 2. The second-order valence-corrected chi connectivity index (χ2v) is 9.48. The summed E-state index contributed by atoms with van der Waals surface area (Å²) in [5, 5.41) is 20.8. The molecule has 3 fully saturated rings. The van der Waals surface area contributed by atoms with Crippen LogP contribution in [0, 0.1) is 28.6 Å². The number of hydrogen-bond donors (Lipinski definition) is 2. The molecule has 4 aliphatic carbocycles. The Bertz CT molecular complexity index is 569. The number of ether oxygens (including phenoxy) is 1. The number of allylic oxidation sites excluding steroid dienone is 1. The van der Waals surface area contributed by atoms with E-state index in [1.165, 1.54) is 31.4 Å². The second kappa shape index (κ2) is 4.54. The van der Waals surface area contributed by atoms with Crippen LogP contribution < -0.4 is 0 Å². The van der Waals surface area contributed by atoms with Crippen LogP contribution in [0.2, 0.25) is 0 Å². The van der Waals surface area contributed by atoms with Crippen molar-refractivity contribution in [2.75, 3.05) is 13.2 Å². The Labute approximate surface area is 139 Å². The molecule has 5 rings (SSSR count). The summed E-state index contributed by atoms with van der Waals surface area (Å²) in [5.41, 5.74) is 1.53. The van der Waals surface area contributed by atoms with Crippen LogP contribution in [0.5, 0.6) is 0 Å². The minimum atomic E-state index is -0.798. The molecule has 6 atom stereocenters. The average Bonchev–Trinajstić information content (AvgIpc) is 3.09. The van der Waals surface area contributed by atoms with Gasteiger partial charge in [0.1, 0.15) is 0 Å². The molecule has 0 aromatic carbocycles. The molecule has 0 aromatic rings. The number of fused-ring (bicyclic) bond motifs is 4. The highest BCUT2D eigenvalue weighted by Crippen LogP contribution is 2.71. The van der Waals surface area contributed by atoms with Crippen LogP contribution in [0.1, 0.15) is 64.7 Å². The van der Waals surface area contributed by atoms with Crippen molar-refractivity contribution in [3.8, 4) is 0 Å². The average molecular weight is 318 g/mol. The van der Waals surface area contributed by atoms with Crippen LogP contribution >= 0.6 is 0 Å². The molecule has 5 aliphatic rings. The van der Waals surface area contributed by atoms with Gasteiger partial charge in [-0.15, -0.1) is 0 Å². The maximum atomic E-state index is 11.0. The van der Waals surface area contributed by atoms with Gasteiger partial charge < -0.3 is 14.9 Å². The van der Waals surface area contributed by atoms with Crippen LogP contribution in [-0.4, -0.2) is 29.0 Å². The van der Waals surface area contributed by atoms with E-state index in [4.69, 9.17) is 4.74 Å². The second-order valence-electron chi connectivity index (χ2n) is 9.48. The lowest BCUT2D eigenvalue weighted by molar-refractivity contribution is -0.0857. The molecule has 3 heteroatoms. The zero-order chi connectivity index (χ0) is 15.9. The number of aliphatic hydroxyl groups excluding tert-OH is 1. The van der Waals surface area contributed by atoms with Gasteiger partial charge in [-0.05, 0) is 79.1 Å². The summed E-state index contributed by atoms with van der Waals surface area (Å²) < 4.78 is 5.90. The third-order valence-electron chi connectivity index (χ3n) is 8.73. The Kier molecular flexibility index (Phi) is 2.92. The molecule has 0 amide bonds. The molecular weight excluding hydrogens is 288 g/mol. The lowest BCUT2D eigenvalue weighted by atomic mass is 9.45. The van der Waals surface area contributed by atoms with Gasteiger partial charge in [0, 0.05) is 12.8 Å². The maximum Gasteiger partial charge on any atom is 0.0956 e. The Hall–Kier alpha value is -0.540. The van der Waals surface area contributed by atoms with Crippen LogP contribution in [-0.2, 0) is 4.74 Å². The summed E-state index contributed by atoms with van der Waals surface area (Å²) in [6.07, 6.45) is 10.4. The van der Waals surface area contributed by atoms with Gasteiger partial charge in [0.25, 0.3) is 0 Å². The first-order valence-electron chi connectivity index (χ1n) is 9.69. The molecule has 1 spiro atoms. The highest BCUT2D eigenvalue weighted by atomic mass is 16.5. The first-order valence-corrected chi connectivity index (χ1v) is 9.69. The molecule has 3 nitrogen and oxygen atoms in total. The summed E-state index contributed by atoms with van der Waals surface area (Å²) in [4.78, 5) is 0. The monoisotopic (exact) mass is 318 g/mol. The van der Waals surface area contributed by atoms with Gasteiger partial charge in [0.05, 0.1) is 24.6 Å². The van der Waals surface area contributed by atoms with Crippen molar-refractivity contribution in [3.63, 3.8) is 0 Å². The van der Waals surface area contributed by atoms with Crippen LogP contribution in [0.15, 0.2) is 11.3 Å². The van der Waals surface area contributed by atoms with Crippen LogP contribution in [0.25, 0.3) is 0 Å². The van der Waals surface area contributed by atoms with Crippen LogP contribution in [0.3, 0.4) is 0 Å². The summed E-state index contributed by atoms with van der Waals surface area (Å²) in [6, 6.07) is 0. The Balaban J connectivity index is 1.53. The summed E-state index contributed by atoms with van der Waals surface area (Å²) in [7, 11) is 0. The van der Waals surface area contributed by atoms with Gasteiger partial charge in [-0.1, -0.05) is 6.92 Å². The summed E-state index contributed by atoms with van der Waals surface area (Å²) >= 11 is 0. The SMILES string of the molecule is C[C@@]12CCC3=C(CCO3)C1CC[C@@]13CC(CCC12)[C@@](O)(CO)C3. The Morgan fingerprint density at radius 2 is 2.04 bits per heavy atom. The van der Waals surface area contributed by atoms with E-state index < -0.39 is 5.60 Å². The van der Waals surface area contributed by atoms with E-state index in [1.54, 1.807) is 5.57 Å². The largest absolute Gasteiger partial charge is 0.498 e. The molecule has 23 heavy (non-hydrogen) atoms. The lowest BCUT2D eigenvalue weighted by Gasteiger charge is -2.60. The van der Waals surface area contributed by atoms with Gasteiger partial charge in [-0.3, -0.25) is 0 Å². The fourth-order valence-electron chi connectivity index (χ4n) is 7.82. The fourth-order valence-corrected chi connectivity index (χ4v) is 7.82. The topological polar surface area (TPSA) is 49.7 Å². The molecule has 3 unspecified atom stereocenters. The molecule has 3 saturated carbocycles. The quantitative estimate of drug-likeness (QED) is 0.779. The Morgan fingerprint density at radius 3 is 2.87 bits per heavy atom. The maximum absolute atomic E-state index is 11.0. The van der Waals surface area contributed by atoms with E-state index >= 15 is 0 Å². The van der Waals surface area contributed by atoms with E-state index in [0.29, 0.717) is 22.7 Å². The highest BCUT2D eigenvalue weighted by molar-refractivity contribution is 5.27. The molecule has 0 radical (unpaired) electrons. The first-order chi connectivity index (χ1) is 11.0. The van der Waals surface area contributed by atoms with Crippen molar-refractivity contribution in [1.82, 2.24) is 0 Å². The van der Waals surface area contributed by atoms with Gasteiger partial charge in [-0.2, -0.15) is 0 Å². The Morgan fingerprint density at radius 1 is 1.17 bits per heavy atom. The molecule has 1 aliphatic heterocycles. The molecule has 1 heterocycles.